The largest absolute Gasteiger partial charge is 0.307 e. The van der Waals surface area contributed by atoms with Crippen molar-refractivity contribution in [1.29, 1.82) is 0 Å². The van der Waals surface area contributed by atoms with Crippen molar-refractivity contribution in [1.82, 2.24) is 20.5 Å². The molecular formula is C15H24ClN5. The molecule has 1 aromatic heterocycles. The number of hydrazone groups is 1. The molecule has 0 aliphatic carbocycles. The summed E-state index contributed by atoms with van der Waals surface area (Å²) in [6, 6.07) is 2.42. The van der Waals surface area contributed by atoms with E-state index in [1.807, 2.05) is 6.07 Å². The lowest BCUT2D eigenvalue weighted by molar-refractivity contribution is 0.236. The molecule has 0 bridgehead atoms. The lowest BCUT2D eigenvalue weighted by Gasteiger charge is -2.28. The number of aromatic nitrogens is 2. The number of halogens is 1. The van der Waals surface area contributed by atoms with Crippen LogP contribution in [0.1, 0.15) is 37.9 Å². The van der Waals surface area contributed by atoms with E-state index in [2.05, 4.69) is 46.5 Å². The van der Waals surface area contributed by atoms with E-state index in [0.29, 0.717) is 17.1 Å². The van der Waals surface area contributed by atoms with Gasteiger partial charge in [-0.05, 0) is 56.9 Å². The molecule has 6 heteroatoms. The predicted octanol–water partition coefficient (Wildman–Crippen LogP) is 2.35. The lowest BCUT2D eigenvalue weighted by Crippen LogP contribution is -2.38. The van der Waals surface area contributed by atoms with Crippen molar-refractivity contribution in [2.75, 3.05) is 20.1 Å². The van der Waals surface area contributed by atoms with Crippen LogP contribution in [0.4, 0.5) is 0 Å². The van der Waals surface area contributed by atoms with Crippen LogP contribution in [0.25, 0.3) is 0 Å². The van der Waals surface area contributed by atoms with Gasteiger partial charge in [-0.15, -0.1) is 10.2 Å². The Balaban J connectivity index is 1.91. The van der Waals surface area contributed by atoms with E-state index >= 15 is 0 Å². The zero-order valence-electron chi connectivity index (χ0n) is 13.0. The molecule has 0 spiro atoms. The first-order chi connectivity index (χ1) is 10.0. The first kappa shape index (κ1) is 16.2. The van der Waals surface area contributed by atoms with Gasteiger partial charge in [0.15, 0.2) is 5.15 Å². The minimum absolute atomic E-state index is 0.452. The van der Waals surface area contributed by atoms with Gasteiger partial charge in [-0.25, -0.2) is 0 Å². The van der Waals surface area contributed by atoms with Crippen LogP contribution in [0.2, 0.25) is 5.15 Å². The van der Waals surface area contributed by atoms with Gasteiger partial charge in [-0.3, -0.25) is 0 Å². The Morgan fingerprint density at radius 2 is 2.14 bits per heavy atom. The fourth-order valence-corrected chi connectivity index (χ4v) is 2.59. The summed E-state index contributed by atoms with van der Waals surface area (Å²) in [4.78, 5) is 2.34. The molecule has 0 aromatic carbocycles. The number of rotatable bonds is 5. The van der Waals surface area contributed by atoms with Crippen molar-refractivity contribution in [3.8, 4) is 0 Å². The summed E-state index contributed by atoms with van der Waals surface area (Å²) in [6.45, 7) is 6.55. The second-order valence-corrected chi connectivity index (χ2v) is 6.51. The third-order valence-corrected chi connectivity index (χ3v) is 3.96. The lowest BCUT2D eigenvalue weighted by atomic mass is 10.0. The highest BCUT2D eigenvalue weighted by Crippen LogP contribution is 2.16. The number of likely N-dealkylation sites (tertiary alicyclic amines) is 1. The first-order valence-electron chi connectivity index (χ1n) is 7.54. The molecule has 1 N–H and O–H groups in total. The maximum absolute atomic E-state index is 6.07. The molecule has 21 heavy (non-hydrogen) atoms. The van der Waals surface area contributed by atoms with E-state index in [-0.39, 0.29) is 0 Å². The number of hydrogen-bond acceptors (Lipinski definition) is 5. The fraction of sp³-hybridized carbons (Fsp3) is 0.667. The number of nitrogens with one attached hydrogen (secondary N) is 1. The fourth-order valence-electron chi connectivity index (χ4n) is 2.43. The number of piperidine rings is 1. The third kappa shape index (κ3) is 5.25. The van der Waals surface area contributed by atoms with Crippen LogP contribution in [0.5, 0.6) is 0 Å². The van der Waals surface area contributed by atoms with Crippen LogP contribution in [-0.4, -0.2) is 47.5 Å². The van der Waals surface area contributed by atoms with Crippen molar-refractivity contribution in [2.24, 2.45) is 11.0 Å². The molecule has 0 radical (unpaired) electrons. The van der Waals surface area contributed by atoms with Gasteiger partial charge < -0.3 is 10.3 Å². The molecule has 0 saturated carbocycles. The van der Waals surface area contributed by atoms with Crippen molar-refractivity contribution in [3.63, 3.8) is 0 Å². The Hall–Kier alpha value is -1.20. The van der Waals surface area contributed by atoms with E-state index in [1.54, 1.807) is 6.21 Å². The van der Waals surface area contributed by atoms with Gasteiger partial charge in [0.1, 0.15) is 5.69 Å². The summed E-state index contributed by atoms with van der Waals surface area (Å²) in [5.74, 6) is 0.536. The predicted molar refractivity (Wildman–Crippen MR) is 86.8 cm³/mol. The Bertz CT molecular complexity index is 481. The van der Waals surface area contributed by atoms with E-state index in [9.17, 15) is 0 Å². The highest BCUT2D eigenvalue weighted by Gasteiger charge is 2.15. The molecule has 0 unspecified atom stereocenters. The highest BCUT2D eigenvalue weighted by molar-refractivity contribution is 6.30. The Morgan fingerprint density at radius 1 is 1.43 bits per heavy atom. The average Bonchev–Trinajstić information content (AvgIpc) is 2.44. The van der Waals surface area contributed by atoms with Crippen LogP contribution in [0.15, 0.2) is 11.2 Å². The maximum Gasteiger partial charge on any atom is 0.154 e. The molecule has 1 fully saturated rings. The monoisotopic (exact) mass is 309 g/mol. The summed E-state index contributed by atoms with van der Waals surface area (Å²) in [7, 11) is 2.15. The van der Waals surface area contributed by atoms with Gasteiger partial charge in [0.2, 0.25) is 0 Å². The van der Waals surface area contributed by atoms with Gasteiger partial charge >= 0.3 is 0 Å². The molecule has 1 aliphatic heterocycles. The molecule has 2 rings (SSSR count). The zero-order chi connectivity index (χ0) is 15.2. The minimum atomic E-state index is 0.452. The van der Waals surface area contributed by atoms with Crippen molar-refractivity contribution >= 4 is 17.8 Å². The second-order valence-electron chi connectivity index (χ2n) is 6.15. The first-order valence-corrected chi connectivity index (χ1v) is 7.91. The summed E-state index contributed by atoms with van der Waals surface area (Å²) >= 11 is 6.07. The summed E-state index contributed by atoms with van der Waals surface area (Å²) in [5.41, 5.74) is 4.98. The van der Waals surface area contributed by atoms with E-state index in [1.165, 1.54) is 0 Å². The molecule has 1 saturated heterocycles. The van der Waals surface area contributed by atoms with Crippen molar-refractivity contribution in [2.45, 2.75) is 39.2 Å². The van der Waals surface area contributed by atoms with Crippen LogP contribution in [0.3, 0.4) is 0 Å². The molecule has 2 heterocycles. The SMILES string of the molecule is CC(C)Cc1cc(C=NNC2CCN(C)CC2)nnc1Cl. The molecule has 1 aromatic rings. The molecular weight excluding hydrogens is 286 g/mol. The van der Waals surface area contributed by atoms with E-state index in [4.69, 9.17) is 11.6 Å². The van der Waals surface area contributed by atoms with Gasteiger partial charge in [-0.1, -0.05) is 25.4 Å². The standard InChI is InChI=1S/C15H24ClN5/c1-11(2)8-12-9-14(19-20-15(12)16)10-17-18-13-4-6-21(3)7-5-13/h9-11,13,18H,4-8H2,1-3H3. The van der Waals surface area contributed by atoms with Crippen LogP contribution in [-0.2, 0) is 6.42 Å². The smallest absolute Gasteiger partial charge is 0.154 e. The summed E-state index contributed by atoms with van der Waals surface area (Å²) in [6.07, 6.45) is 4.88. The molecule has 0 amide bonds. The van der Waals surface area contributed by atoms with Crippen molar-refractivity contribution < 1.29 is 0 Å². The average molecular weight is 310 g/mol. The molecule has 1 aliphatic rings. The Labute approximate surface area is 131 Å². The Morgan fingerprint density at radius 3 is 2.81 bits per heavy atom. The summed E-state index contributed by atoms with van der Waals surface area (Å²) in [5, 5.41) is 12.8. The third-order valence-electron chi connectivity index (χ3n) is 3.64. The van der Waals surface area contributed by atoms with Gasteiger partial charge in [0.25, 0.3) is 0 Å². The van der Waals surface area contributed by atoms with Crippen LogP contribution < -0.4 is 5.43 Å². The van der Waals surface area contributed by atoms with E-state index in [0.717, 1.165) is 43.6 Å². The number of nitrogens with zero attached hydrogens (tertiary/aromatic N) is 4. The van der Waals surface area contributed by atoms with Gasteiger partial charge in [0, 0.05) is 6.04 Å². The van der Waals surface area contributed by atoms with Crippen LogP contribution in [0, 0.1) is 5.92 Å². The molecule has 5 nitrogen and oxygen atoms in total. The van der Waals surface area contributed by atoms with Gasteiger partial charge in [-0.2, -0.15) is 5.10 Å². The second kappa shape index (κ2) is 7.71. The Kier molecular flexibility index (Phi) is 5.94. The van der Waals surface area contributed by atoms with E-state index < -0.39 is 0 Å². The molecule has 116 valence electrons. The zero-order valence-corrected chi connectivity index (χ0v) is 13.8. The van der Waals surface area contributed by atoms with Gasteiger partial charge in [0.05, 0.1) is 6.21 Å². The van der Waals surface area contributed by atoms with Crippen molar-refractivity contribution in [3.05, 3.63) is 22.5 Å². The minimum Gasteiger partial charge on any atom is -0.307 e. The normalized spacial score (nSPS) is 17.8. The maximum atomic E-state index is 6.07. The van der Waals surface area contributed by atoms with Crippen LogP contribution >= 0.6 is 11.6 Å². The highest BCUT2D eigenvalue weighted by atomic mass is 35.5. The molecule has 0 atom stereocenters. The quantitative estimate of drug-likeness (QED) is 0.670. The number of hydrogen-bond donors (Lipinski definition) is 1. The summed E-state index contributed by atoms with van der Waals surface area (Å²) < 4.78 is 0. The topological polar surface area (TPSA) is 53.4 Å².